The monoisotopic (exact) mass is 368 g/mol. The Kier molecular flexibility index (Phi) is 9.77. The molecule has 150 valence electrons. The van der Waals surface area contributed by atoms with Crippen molar-refractivity contribution in [3.8, 4) is 0 Å². The molecule has 0 aromatic heterocycles. The standard InChI is InChI=1S/C19H36N4O3/c1-23(2)18(24)15-22-19(21-14-17-10-6-12-26-17)20-11-7-13-25-16-8-4-3-5-9-16/h16-17H,3-15H2,1-2H3,(H2,20,21,22). The van der Waals surface area contributed by atoms with Crippen LogP contribution in [0.4, 0.5) is 0 Å². The number of guanidine groups is 1. The van der Waals surface area contributed by atoms with Crippen LogP contribution in [0.25, 0.3) is 0 Å². The summed E-state index contributed by atoms with van der Waals surface area (Å²) in [7, 11) is 3.49. The topological polar surface area (TPSA) is 75.2 Å². The highest BCUT2D eigenvalue weighted by atomic mass is 16.5. The second kappa shape index (κ2) is 12.1. The lowest BCUT2D eigenvalue weighted by Gasteiger charge is -2.22. The molecule has 7 nitrogen and oxygen atoms in total. The maximum atomic E-state index is 11.8. The lowest BCUT2D eigenvalue weighted by molar-refractivity contribution is -0.127. The van der Waals surface area contributed by atoms with Gasteiger partial charge in [0.1, 0.15) is 6.54 Å². The minimum atomic E-state index is -0.0103. The third-order valence-corrected chi connectivity index (χ3v) is 4.91. The summed E-state index contributed by atoms with van der Waals surface area (Å²) in [5, 5.41) is 6.61. The van der Waals surface area contributed by atoms with E-state index in [4.69, 9.17) is 9.47 Å². The molecule has 1 aliphatic heterocycles. The zero-order valence-corrected chi connectivity index (χ0v) is 16.5. The average molecular weight is 369 g/mol. The Labute approximate surface area is 157 Å². The highest BCUT2D eigenvalue weighted by Crippen LogP contribution is 2.20. The van der Waals surface area contributed by atoms with Crippen molar-refractivity contribution >= 4 is 11.9 Å². The van der Waals surface area contributed by atoms with Crippen LogP contribution in [0.1, 0.15) is 51.4 Å². The van der Waals surface area contributed by atoms with Crippen LogP contribution in [0.5, 0.6) is 0 Å². The molecule has 0 aromatic rings. The Hall–Kier alpha value is -1.34. The Morgan fingerprint density at radius 1 is 1.15 bits per heavy atom. The summed E-state index contributed by atoms with van der Waals surface area (Å²) in [4.78, 5) is 17.7. The zero-order valence-electron chi connectivity index (χ0n) is 16.5. The smallest absolute Gasteiger partial charge is 0.243 e. The number of carbonyl (C=O) groups excluding carboxylic acids is 1. The van der Waals surface area contributed by atoms with Crippen LogP contribution in [0, 0.1) is 0 Å². The van der Waals surface area contributed by atoms with E-state index in [9.17, 15) is 4.79 Å². The molecule has 26 heavy (non-hydrogen) atoms. The van der Waals surface area contributed by atoms with Gasteiger partial charge in [-0.1, -0.05) is 19.3 Å². The summed E-state index contributed by atoms with van der Waals surface area (Å²) in [5.74, 6) is 0.664. The summed E-state index contributed by atoms with van der Waals surface area (Å²) < 4.78 is 11.6. The number of carbonyl (C=O) groups is 1. The van der Waals surface area contributed by atoms with Crippen LogP contribution in [-0.4, -0.2) is 75.9 Å². The SMILES string of the molecule is CN(C)C(=O)CN=C(NCCCOC1CCCCC1)NCC1CCCO1. The summed E-state index contributed by atoms with van der Waals surface area (Å²) in [6, 6.07) is 0. The molecule has 2 N–H and O–H groups in total. The average Bonchev–Trinajstić information content (AvgIpc) is 3.17. The van der Waals surface area contributed by atoms with E-state index in [2.05, 4.69) is 15.6 Å². The Morgan fingerprint density at radius 3 is 2.65 bits per heavy atom. The van der Waals surface area contributed by atoms with Gasteiger partial charge in [-0.05, 0) is 32.1 Å². The van der Waals surface area contributed by atoms with Crippen LogP contribution in [0.2, 0.25) is 0 Å². The van der Waals surface area contributed by atoms with Gasteiger partial charge in [0, 0.05) is 40.4 Å². The van der Waals surface area contributed by atoms with Crippen LogP contribution >= 0.6 is 0 Å². The van der Waals surface area contributed by atoms with E-state index in [1.807, 2.05) is 0 Å². The van der Waals surface area contributed by atoms with Crippen molar-refractivity contribution < 1.29 is 14.3 Å². The van der Waals surface area contributed by atoms with Crippen molar-refractivity contribution in [2.75, 3.05) is 46.9 Å². The molecule has 1 unspecified atom stereocenters. The van der Waals surface area contributed by atoms with Crippen molar-refractivity contribution in [1.82, 2.24) is 15.5 Å². The number of rotatable bonds is 9. The Bertz CT molecular complexity index is 431. The molecule has 0 spiro atoms. The molecule has 1 atom stereocenters. The lowest BCUT2D eigenvalue weighted by atomic mass is 9.98. The van der Waals surface area contributed by atoms with Gasteiger partial charge in [-0.25, -0.2) is 4.99 Å². The van der Waals surface area contributed by atoms with E-state index in [-0.39, 0.29) is 18.6 Å². The first-order valence-electron chi connectivity index (χ1n) is 10.1. The molecule has 2 aliphatic rings. The molecule has 0 bridgehead atoms. The molecule has 1 amide bonds. The largest absolute Gasteiger partial charge is 0.378 e. The Morgan fingerprint density at radius 2 is 1.96 bits per heavy atom. The number of hydrogen-bond donors (Lipinski definition) is 2. The third kappa shape index (κ3) is 8.36. The molecule has 7 heteroatoms. The summed E-state index contributed by atoms with van der Waals surface area (Å²) >= 11 is 0. The molecule has 2 rings (SSSR count). The van der Waals surface area contributed by atoms with E-state index < -0.39 is 0 Å². The van der Waals surface area contributed by atoms with Gasteiger partial charge in [-0.3, -0.25) is 4.79 Å². The third-order valence-electron chi connectivity index (χ3n) is 4.91. The van der Waals surface area contributed by atoms with Gasteiger partial charge < -0.3 is 25.0 Å². The first-order chi connectivity index (χ1) is 12.6. The normalized spacial score (nSPS) is 21.6. The first kappa shape index (κ1) is 21.0. The minimum Gasteiger partial charge on any atom is -0.378 e. The number of aliphatic imine (C=N–C) groups is 1. The van der Waals surface area contributed by atoms with E-state index in [0.717, 1.165) is 45.6 Å². The molecular weight excluding hydrogens is 332 g/mol. The summed E-state index contributed by atoms with van der Waals surface area (Å²) in [6.45, 7) is 3.25. The number of hydrogen-bond acceptors (Lipinski definition) is 4. The van der Waals surface area contributed by atoms with Gasteiger partial charge in [0.25, 0.3) is 0 Å². The molecule has 0 aromatic carbocycles. The summed E-state index contributed by atoms with van der Waals surface area (Å²) in [6.07, 6.45) is 10.2. The number of ether oxygens (including phenoxy) is 2. The molecule has 1 saturated carbocycles. The molecule has 1 aliphatic carbocycles. The van der Waals surface area contributed by atoms with Gasteiger partial charge in [0.05, 0.1) is 12.2 Å². The van der Waals surface area contributed by atoms with Crippen molar-refractivity contribution in [1.29, 1.82) is 0 Å². The predicted molar refractivity (Wildman–Crippen MR) is 103 cm³/mol. The van der Waals surface area contributed by atoms with E-state index in [1.54, 1.807) is 19.0 Å². The van der Waals surface area contributed by atoms with Crippen molar-refractivity contribution in [2.45, 2.75) is 63.6 Å². The Balaban J connectivity index is 1.67. The highest BCUT2D eigenvalue weighted by molar-refractivity contribution is 5.84. The molecule has 1 heterocycles. The zero-order chi connectivity index (χ0) is 18.6. The van der Waals surface area contributed by atoms with E-state index in [0.29, 0.717) is 12.1 Å². The summed E-state index contributed by atoms with van der Waals surface area (Å²) in [5.41, 5.74) is 0. The second-order valence-corrected chi connectivity index (χ2v) is 7.38. The number of likely N-dealkylation sites (N-methyl/N-ethyl adjacent to an activating group) is 1. The van der Waals surface area contributed by atoms with Crippen LogP contribution in [0.3, 0.4) is 0 Å². The highest BCUT2D eigenvalue weighted by Gasteiger charge is 2.16. The lowest BCUT2D eigenvalue weighted by Crippen LogP contribution is -2.42. The number of nitrogens with one attached hydrogen (secondary N) is 2. The van der Waals surface area contributed by atoms with Crippen molar-refractivity contribution in [3.63, 3.8) is 0 Å². The van der Waals surface area contributed by atoms with Gasteiger partial charge in [0.2, 0.25) is 5.91 Å². The fraction of sp³-hybridized carbons (Fsp3) is 0.895. The van der Waals surface area contributed by atoms with E-state index in [1.165, 1.54) is 32.1 Å². The van der Waals surface area contributed by atoms with Gasteiger partial charge in [0.15, 0.2) is 5.96 Å². The molecule has 2 fully saturated rings. The fourth-order valence-electron chi connectivity index (χ4n) is 3.24. The van der Waals surface area contributed by atoms with Crippen LogP contribution in [0.15, 0.2) is 4.99 Å². The number of amides is 1. The van der Waals surface area contributed by atoms with Crippen LogP contribution < -0.4 is 10.6 Å². The van der Waals surface area contributed by atoms with Gasteiger partial charge in [-0.2, -0.15) is 0 Å². The van der Waals surface area contributed by atoms with Crippen molar-refractivity contribution in [2.24, 2.45) is 4.99 Å². The maximum absolute atomic E-state index is 11.8. The van der Waals surface area contributed by atoms with Gasteiger partial charge >= 0.3 is 0 Å². The van der Waals surface area contributed by atoms with Crippen molar-refractivity contribution in [3.05, 3.63) is 0 Å². The predicted octanol–water partition coefficient (Wildman–Crippen LogP) is 1.53. The quantitative estimate of drug-likeness (QED) is 0.367. The second-order valence-electron chi connectivity index (χ2n) is 7.38. The molecule has 0 radical (unpaired) electrons. The first-order valence-corrected chi connectivity index (χ1v) is 10.1. The number of nitrogens with zero attached hydrogens (tertiary/aromatic N) is 2. The minimum absolute atomic E-state index is 0.0103. The fourth-order valence-corrected chi connectivity index (χ4v) is 3.24. The molecule has 1 saturated heterocycles. The van der Waals surface area contributed by atoms with Crippen LogP contribution in [-0.2, 0) is 14.3 Å². The maximum Gasteiger partial charge on any atom is 0.243 e. The molecular formula is C19H36N4O3. The van der Waals surface area contributed by atoms with E-state index >= 15 is 0 Å². The van der Waals surface area contributed by atoms with Gasteiger partial charge in [-0.15, -0.1) is 0 Å².